The molecule has 0 heterocycles. The molecule has 0 aromatic heterocycles. The molecule has 214 valence electrons. The molecule has 3 N–H and O–H groups in total. The molecule has 4 aliphatic rings. The zero-order valence-corrected chi connectivity index (χ0v) is 21.2. The summed E-state index contributed by atoms with van der Waals surface area (Å²) < 4.78 is 87.0. The molecular weight excluding hydrogens is 528 g/mol. The standard InChI is InChI=1S/C28H31F6NO4/c29-27(30,31)18-3-5-19(6-4-18)39-21-8-2-17-13-16(1-7-20(17)23(21)28(32,33)34)15-35-25-9-11-26(12-10-25,24(37)38)22(36)14-25/h1-2,7-8,13,18-19,22,35-36H,3-6,9-12,14-15H2,(H,37,38). The van der Waals surface area contributed by atoms with E-state index in [4.69, 9.17) is 4.74 Å². The molecule has 39 heavy (non-hydrogen) atoms. The summed E-state index contributed by atoms with van der Waals surface area (Å²) in [5, 5.41) is 23.9. The fourth-order valence-electron chi connectivity index (χ4n) is 6.72. The van der Waals surface area contributed by atoms with Crippen molar-refractivity contribution in [3.8, 4) is 5.75 Å². The van der Waals surface area contributed by atoms with E-state index >= 15 is 0 Å². The lowest BCUT2D eigenvalue weighted by Crippen LogP contribution is -2.62. The topological polar surface area (TPSA) is 78.8 Å². The van der Waals surface area contributed by atoms with Crippen LogP contribution >= 0.6 is 0 Å². The SMILES string of the molecule is O=C(O)C12CCC(NCc3ccc4c(C(F)(F)F)c(OC5CCC(C(F)(F)F)CC5)ccc4c3)(CC1)CC2O. The lowest BCUT2D eigenvalue weighted by atomic mass is 9.55. The summed E-state index contributed by atoms with van der Waals surface area (Å²) in [5.74, 6) is -2.81. The highest BCUT2D eigenvalue weighted by Crippen LogP contribution is 2.52. The van der Waals surface area contributed by atoms with Crippen molar-refractivity contribution in [2.75, 3.05) is 0 Å². The van der Waals surface area contributed by atoms with Crippen LogP contribution in [0, 0.1) is 11.3 Å². The first kappa shape index (κ1) is 28.0. The molecule has 2 aromatic rings. The van der Waals surface area contributed by atoms with E-state index in [2.05, 4.69) is 5.32 Å². The first-order valence-corrected chi connectivity index (χ1v) is 13.3. The van der Waals surface area contributed by atoms with Gasteiger partial charge in [0.25, 0.3) is 0 Å². The van der Waals surface area contributed by atoms with Gasteiger partial charge in [-0.1, -0.05) is 18.2 Å². The van der Waals surface area contributed by atoms with Crippen molar-refractivity contribution in [1.82, 2.24) is 5.32 Å². The van der Waals surface area contributed by atoms with E-state index < -0.39 is 53.0 Å². The number of halogens is 6. The number of hydrogen-bond donors (Lipinski definition) is 3. The highest BCUT2D eigenvalue weighted by molar-refractivity contribution is 5.89. The van der Waals surface area contributed by atoms with Crippen molar-refractivity contribution >= 4 is 16.7 Å². The Labute approximate surface area is 221 Å². The van der Waals surface area contributed by atoms with Crippen LogP contribution in [-0.4, -0.2) is 40.1 Å². The van der Waals surface area contributed by atoms with Gasteiger partial charge in [-0.2, -0.15) is 26.3 Å². The lowest BCUT2D eigenvalue weighted by Gasteiger charge is -2.54. The van der Waals surface area contributed by atoms with Crippen molar-refractivity contribution in [2.24, 2.45) is 11.3 Å². The van der Waals surface area contributed by atoms with Gasteiger partial charge in [0.1, 0.15) is 11.3 Å². The predicted octanol–water partition coefficient (Wildman–Crippen LogP) is 6.60. The minimum atomic E-state index is -4.73. The van der Waals surface area contributed by atoms with Crippen LogP contribution < -0.4 is 10.1 Å². The Kier molecular flexibility index (Phi) is 7.06. The van der Waals surface area contributed by atoms with Crippen LogP contribution in [0.15, 0.2) is 30.3 Å². The fourth-order valence-corrected chi connectivity index (χ4v) is 6.72. The molecule has 0 saturated heterocycles. The Morgan fingerprint density at radius 2 is 1.64 bits per heavy atom. The van der Waals surface area contributed by atoms with Crippen molar-refractivity contribution < 1.29 is 46.1 Å². The van der Waals surface area contributed by atoms with Crippen LogP contribution in [-0.2, 0) is 17.5 Å². The van der Waals surface area contributed by atoms with Gasteiger partial charge >= 0.3 is 18.3 Å². The number of carbonyl (C=O) groups is 1. The Hall–Kier alpha value is -2.53. The highest BCUT2D eigenvalue weighted by atomic mass is 19.4. The van der Waals surface area contributed by atoms with Crippen molar-refractivity contribution in [2.45, 2.75) is 94.4 Å². The summed E-state index contributed by atoms with van der Waals surface area (Å²) in [6, 6.07) is 7.38. The summed E-state index contributed by atoms with van der Waals surface area (Å²) in [4.78, 5) is 11.7. The van der Waals surface area contributed by atoms with Gasteiger partial charge in [-0.05, 0) is 86.3 Å². The minimum absolute atomic E-state index is 0.0359. The zero-order valence-electron chi connectivity index (χ0n) is 21.2. The summed E-state index contributed by atoms with van der Waals surface area (Å²) in [6.45, 7) is 0.338. The quantitative estimate of drug-likeness (QED) is 0.348. The number of aliphatic carboxylic acids is 1. The maximum atomic E-state index is 14.2. The molecule has 1 atom stereocenters. The van der Waals surface area contributed by atoms with Crippen molar-refractivity contribution in [3.05, 3.63) is 41.5 Å². The second-order valence-corrected chi connectivity index (χ2v) is 11.4. The molecule has 2 aromatic carbocycles. The summed E-state index contributed by atoms with van der Waals surface area (Å²) in [6.07, 6.45) is -8.77. The number of carboxylic acid groups (broad SMARTS) is 1. The van der Waals surface area contributed by atoms with E-state index in [0.717, 1.165) is 5.56 Å². The number of aliphatic hydroxyl groups excluding tert-OH is 1. The summed E-state index contributed by atoms with van der Waals surface area (Å²) >= 11 is 0. The number of carboxylic acids is 1. The van der Waals surface area contributed by atoms with Gasteiger partial charge in [0, 0.05) is 12.1 Å². The van der Waals surface area contributed by atoms with Gasteiger partial charge in [-0.15, -0.1) is 0 Å². The van der Waals surface area contributed by atoms with Crippen LogP contribution in [0.3, 0.4) is 0 Å². The average Bonchev–Trinajstić information content (AvgIpc) is 2.87. The third-order valence-corrected chi connectivity index (χ3v) is 9.17. The predicted molar refractivity (Wildman–Crippen MR) is 130 cm³/mol. The normalized spacial score (nSPS) is 31.4. The molecule has 4 saturated carbocycles. The van der Waals surface area contributed by atoms with E-state index in [1.165, 1.54) is 18.2 Å². The Balaban J connectivity index is 1.31. The molecule has 4 aliphatic carbocycles. The number of fused-ring (bicyclic) bond motifs is 4. The first-order chi connectivity index (χ1) is 18.2. The number of alkyl halides is 6. The van der Waals surface area contributed by atoms with E-state index in [9.17, 15) is 41.4 Å². The molecule has 0 spiro atoms. The molecule has 6 rings (SSSR count). The smallest absolute Gasteiger partial charge is 0.420 e. The second-order valence-electron chi connectivity index (χ2n) is 11.4. The van der Waals surface area contributed by atoms with Crippen LogP contribution in [0.1, 0.15) is 68.9 Å². The molecule has 0 amide bonds. The number of rotatable bonds is 6. The molecule has 1 unspecified atom stereocenters. The molecular formula is C28H31F6NO4. The molecule has 5 nitrogen and oxygen atoms in total. The first-order valence-electron chi connectivity index (χ1n) is 13.3. The van der Waals surface area contributed by atoms with Crippen molar-refractivity contribution in [1.29, 1.82) is 0 Å². The third kappa shape index (κ3) is 5.31. The van der Waals surface area contributed by atoms with E-state index in [-0.39, 0.29) is 36.8 Å². The van der Waals surface area contributed by atoms with Gasteiger partial charge in [0.15, 0.2) is 0 Å². The van der Waals surface area contributed by atoms with Crippen LogP contribution in [0.25, 0.3) is 10.8 Å². The molecule has 0 radical (unpaired) electrons. The van der Waals surface area contributed by atoms with Gasteiger partial charge in [0.2, 0.25) is 0 Å². The largest absolute Gasteiger partial charge is 0.490 e. The fraction of sp³-hybridized carbons (Fsp3) is 0.607. The Bertz CT molecular complexity index is 1230. The monoisotopic (exact) mass is 559 g/mol. The van der Waals surface area contributed by atoms with E-state index in [0.29, 0.717) is 44.0 Å². The third-order valence-electron chi connectivity index (χ3n) is 9.17. The number of benzene rings is 2. The van der Waals surface area contributed by atoms with E-state index in [1.807, 2.05) is 0 Å². The maximum absolute atomic E-state index is 14.2. The maximum Gasteiger partial charge on any atom is 0.420 e. The van der Waals surface area contributed by atoms with Crippen LogP contribution in [0.2, 0.25) is 0 Å². The minimum Gasteiger partial charge on any atom is -0.490 e. The number of aliphatic hydroxyl groups is 1. The van der Waals surface area contributed by atoms with Crippen LogP contribution in [0.5, 0.6) is 5.75 Å². The van der Waals surface area contributed by atoms with E-state index in [1.54, 1.807) is 12.1 Å². The summed E-state index contributed by atoms with van der Waals surface area (Å²) in [7, 11) is 0. The lowest BCUT2D eigenvalue weighted by molar-refractivity contribution is -0.185. The zero-order chi connectivity index (χ0) is 28.2. The molecule has 2 bridgehead atoms. The van der Waals surface area contributed by atoms with Crippen LogP contribution in [0.4, 0.5) is 26.3 Å². The van der Waals surface area contributed by atoms with Gasteiger partial charge in [-0.25, -0.2) is 0 Å². The number of nitrogens with one attached hydrogen (secondary N) is 1. The molecule has 11 heteroatoms. The Morgan fingerprint density at radius 1 is 0.974 bits per heavy atom. The van der Waals surface area contributed by atoms with Gasteiger partial charge in [0.05, 0.1) is 23.5 Å². The second kappa shape index (κ2) is 9.83. The number of hydrogen-bond acceptors (Lipinski definition) is 4. The van der Waals surface area contributed by atoms with Gasteiger partial charge in [-0.3, -0.25) is 4.79 Å². The highest BCUT2D eigenvalue weighted by Gasteiger charge is 2.58. The molecule has 4 fully saturated rings. The Morgan fingerprint density at radius 3 is 2.21 bits per heavy atom. The summed E-state index contributed by atoms with van der Waals surface area (Å²) in [5.41, 5.74) is -1.73. The van der Waals surface area contributed by atoms with Crippen molar-refractivity contribution in [3.63, 3.8) is 0 Å². The van der Waals surface area contributed by atoms with Gasteiger partial charge < -0.3 is 20.3 Å². The number of ether oxygens (including phenoxy) is 1. The average molecular weight is 560 g/mol. The molecule has 0 aliphatic heterocycles.